The smallest absolute Gasteiger partial charge is 0.139 e. The van der Waals surface area contributed by atoms with Crippen LogP contribution in [0, 0.1) is 29.5 Å². The third-order valence-corrected chi connectivity index (χ3v) is 5.48. The van der Waals surface area contributed by atoms with Crippen molar-refractivity contribution < 1.29 is 9.18 Å². The quantitative estimate of drug-likeness (QED) is 0.495. The third-order valence-electron chi connectivity index (χ3n) is 5.48. The number of aryl methyl sites for hydroxylation is 2. The Labute approximate surface area is 148 Å². The summed E-state index contributed by atoms with van der Waals surface area (Å²) in [5.41, 5.74) is 1.92. The van der Waals surface area contributed by atoms with Crippen molar-refractivity contribution in [3.8, 4) is 0 Å². The first-order chi connectivity index (χ1) is 11.3. The van der Waals surface area contributed by atoms with Crippen LogP contribution < -0.4 is 0 Å². The van der Waals surface area contributed by atoms with E-state index < -0.39 is 0 Å². The molecule has 0 spiro atoms. The predicted molar refractivity (Wildman–Crippen MR) is 101 cm³/mol. The lowest BCUT2D eigenvalue weighted by molar-refractivity contribution is -0.129. The van der Waals surface area contributed by atoms with Gasteiger partial charge in [0.15, 0.2) is 0 Å². The van der Waals surface area contributed by atoms with Crippen LogP contribution in [0.1, 0.15) is 71.9 Å². The summed E-state index contributed by atoms with van der Waals surface area (Å²) in [6.07, 6.45) is 4.62. The van der Waals surface area contributed by atoms with Gasteiger partial charge in [-0.1, -0.05) is 66.5 Å². The molecule has 1 nitrogen and oxygen atoms in total. The molecule has 136 valence electrons. The number of hydrogen-bond donors (Lipinski definition) is 0. The van der Waals surface area contributed by atoms with E-state index in [4.69, 9.17) is 0 Å². The summed E-state index contributed by atoms with van der Waals surface area (Å²) in [6, 6.07) is 5.40. The molecule has 0 amide bonds. The number of ketones is 1. The van der Waals surface area contributed by atoms with Crippen molar-refractivity contribution in [3.63, 3.8) is 0 Å². The Balaban J connectivity index is 2.87. The van der Waals surface area contributed by atoms with Crippen molar-refractivity contribution in [2.75, 3.05) is 0 Å². The highest BCUT2D eigenvalue weighted by atomic mass is 19.1. The van der Waals surface area contributed by atoms with E-state index in [0.29, 0.717) is 24.0 Å². The minimum Gasteiger partial charge on any atom is -0.299 e. The number of carbonyl (C=O) groups is 1. The molecular formula is C22H35FO. The average molecular weight is 335 g/mol. The molecule has 3 unspecified atom stereocenters. The molecule has 0 aliphatic carbocycles. The summed E-state index contributed by atoms with van der Waals surface area (Å²) >= 11 is 0. The van der Waals surface area contributed by atoms with Crippen LogP contribution in [0.25, 0.3) is 0 Å². The van der Waals surface area contributed by atoms with Crippen LogP contribution in [0.3, 0.4) is 0 Å². The standard InChI is InChI=1S/C22H35FO/c1-7-9-16(5)20(22(24)17(6)15(3)4)12-10-18-11-13-21(23)19(8-2)14-18/h11,13-17,20H,7-10,12H2,1-6H3. The molecule has 0 aromatic heterocycles. The van der Waals surface area contributed by atoms with Gasteiger partial charge in [0, 0.05) is 11.8 Å². The molecule has 0 radical (unpaired) electrons. The third kappa shape index (κ3) is 5.72. The second-order valence-electron chi connectivity index (χ2n) is 7.63. The van der Waals surface area contributed by atoms with Gasteiger partial charge in [0.2, 0.25) is 0 Å². The molecule has 0 saturated carbocycles. The Hall–Kier alpha value is -1.18. The van der Waals surface area contributed by atoms with E-state index in [-0.39, 0.29) is 17.7 Å². The first kappa shape index (κ1) is 20.9. The Morgan fingerprint density at radius 2 is 1.75 bits per heavy atom. The second-order valence-corrected chi connectivity index (χ2v) is 7.63. The maximum atomic E-state index is 13.7. The molecular weight excluding hydrogens is 299 g/mol. The minimum absolute atomic E-state index is 0.105. The molecule has 0 bridgehead atoms. The largest absolute Gasteiger partial charge is 0.299 e. The van der Waals surface area contributed by atoms with Gasteiger partial charge in [-0.3, -0.25) is 4.79 Å². The van der Waals surface area contributed by atoms with E-state index in [0.717, 1.165) is 36.8 Å². The SMILES string of the molecule is CCCC(C)C(CCc1ccc(F)c(CC)c1)C(=O)C(C)C(C)C. The normalized spacial score (nSPS) is 15.3. The van der Waals surface area contributed by atoms with Gasteiger partial charge in [-0.2, -0.15) is 0 Å². The average Bonchev–Trinajstić information content (AvgIpc) is 2.55. The van der Waals surface area contributed by atoms with Crippen molar-refractivity contribution >= 4 is 5.78 Å². The van der Waals surface area contributed by atoms with Gasteiger partial charge in [0.25, 0.3) is 0 Å². The van der Waals surface area contributed by atoms with Crippen molar-refractivity contribution in [1.29, 1.82) is 0 Å². The number of hydrogen-bond acceptors (Lipinski definition) is 1. The highest BCUT2D eigenvalue weighted by molar-refractivity contribution is 5.83. The second kappa shape index (κ2) is 9.96. The molecule has 1 rings (SSSR count). The van der Waals surface area contributed by atoms with Crippen LogP contribution in [0.5, 0.6) is 0 Å². The van der Waals surface area contributed by atoms with Gasteiger partial charge in [-0.05, 0) is 48.3 Å². The van der Waals surface area contributed by atoms with Crippen molar-refractivity contribution in [2.45, 2.75) is 73.6 Å². The van der Waals surface area contributed by atoms with Gasteiger partial charge in [0.05, 0.1) is 0 Å². The van der Waals surface area contributed by atoms with E-state index in [1.807, 2.05) is 19.1 Å². The van der Waals surface area contributed by atoms with Gasteiger partial charge in [-0.15, -0.1) is 0 Å². The van der Waals surface area contributed by atoms with Crippen LogP contribution in [-0.2, 0) is 17.6 Å². The van der Waals surface area contributed by atoms with Crippen LogP contribution in [0.15, 0.2) is 18.2 Å². The summed E-state index contributed by atoms with van der Waals surface area (Å²) in [6.45, 7) is 12.7. The summed E-state index contributed by atoms with van der Waals surface area (Å²) in [4.78, 5) is 12.9. The zero-order valence-corrected chi connectivity index (χ0v) is 16.4. The number of rotatable bonds is 10. The number of halogens is 1. The lowest BCUT2D eigenvalue weighted by Gasteiger charge is -2.27. The molecule has 1 aromatic carbocycles. The topological polar surface area (TPSA) is 17.1 Å². The first-order valence-electron chi connectivity index (χ1n) is 9.62. The minimum atomic E-state index is -0.123. The van der Waals surface area contributed by atoms with Gasteiger partial charge in [0.1, 0.15) is 11.6 Å². The molecule has 0 aliphatic rings. The molecule has 1 aromatic rings. The monoisotopic (exact) mass is 334 g/mol. The Bertz CT molecular complexity index is 521. The van der Waals surface area contributed by atoms with E-state index in [1.54, 1.807) is 6.07 Å². The van der Waals surface area contributed by atoms with Crippen LogP contribution in [-0.4, -0.2) is 5.78 Å². The number of Topliss-reactive ketones (excluding diaryl/α,β-unsaturated/α-hetero) is 1. The molecule has 24 heavy (non-hydrogen) atoms. The number of carbonyl (C=O) groups excluding carboxylic acids is 1. The lowest BCUT2D eigenvalue weighted by Crippen LogP contribution is -2.30. The van der Waals surface area contributed by atoms with E-state index >= 15 is 0 Å². The van der Waals surface area contributed by atoms with Crippen molar-refractivity contribution in [1.82, 2.24) is 0 Å². The fourth-order valence-electron chi connectivity index (χ4n) is 3.41. The van der Waals surface area contributed by atoms with Crippen LogP contribution in [0.2, 0.25) is 0 Å². The first-order valence-corrected chi connectivity index (χ1v) is 9.62. The maximum Gasteiger partial charge on any atom is 0.139 e. The Kier molecular flexibility index (Phi) is 8.66. The summed E-state index contributed by atoms with van der Waals surface area (Å²) in [7, 11) is 0. The van der Waals surface area contributed by atoms with E-state index in [9.17, 15) is 9.18 Å². The molecule has 0 aliphatic heterocycles. The fraction of sp³-hybridized carbons (Fsp3) is 0.682. The van der Waals surface area contributed by atoms with E-state index in [1.165, 1.54) is 0 Å². The van der Waals surface area contributed by atoms with Gasteiger partial charge in [-0.25, -0.2) is 4.39 Å². The molecule has 2 heteroatoms. The highest BCUT2D eigenvalue weighted by Crippen LogP contribution is 2.29. The molecule has 0 fully saturated rings. The fourth-order valence-corrected chi connectivity index (χ4v) is 3.41. The van der Waals surface area contributed by atoms with E-state index in [2.05, 4.69) is 34.6 Å². The van der Waals surface area contributed by atoms with Gasteiger partial charge < -0.3 is 0 Å². The summed E-state index contributed by atoms with van der Waals surface area (Å²) < 4.78 is 13.7. The van der Waals surface area contributed by atoms with Crippen LogP contribution >= 0.6 is 0 Å². The Morgan fingerprint density at radius 3 is 2.29 bits per heavy atom. The maximum absolute atomic E-state index is 13.7. The predicted octanol–water partition coefficient (Wildman–Crippen LogP) is 6.23. The van der Waals surface area contributed by atoms with Crippen LogP contribution in [0.4, 0.5) is 4.39 Å². The Morgan fingerprint density at radius 1 is 1.08 bits per heavy atom. The molecule has 3 atom stereocenters. The summed E-state index contributed by atoms with van der Waals surface area (Å²) in [5, 5.41) is 0. The molecule has 0 saturated heterocycles. The highest BCUT2D eigenvalue weighted by Gasteiger charge is 2.29. The lowest BCUT2D eigenvalue weighted by atomic mass is 9.76. The zero-order valence-electron chi connectivity index (χ0n) is 16.4. The summed E-state index contributed by atoms with van der Waals surface area (Å²) in [5.74, 6) is 1.29. The molecule has 0 heterocycles. The number of benzene rings is 1. The molecule has 0 N–H and O–H groups in total. The van der Waals surface area contributed by atoms with Crippen molar-refractivity contribution in [3.05, 3.63) is 35.1 Å². The zero-order chi connectivity index (χ0) is 18.3. The van der Waals surface area contributed by atoms with Gasteiger partial charge >= 0.3 is 0 Å². The van der Waals surface area contributed by atoms with Crippen molar-refractivity contribution in [2.24, 2.45) is 23.7 Å².